The van der Waals surface area contributed by atoms with E-state index in [0.717, 1.165) is 25.9 Å². The van der Waals surface area contributed by atoms with Crippen molar-refractivity contribution in [1.29, 1.82) is 0 Å². The van der Waals surface area contributed by atoms with Crippen LogP contribution in [0.4, 0.5) is 0 Å². The van der Waals surface area contributed by atoms with Crippen molar-refractivity contribution < 1.29 is 4.79 Å². The quantitative estimate of drug-likeness (QED) is 0.730. The Morgan fingerprint density at radius 3 is 3.27 bits per heavy atom. The van der Waals surface area contributed by atoms with E-state index in [2.05, 4.69) is 10.2 Å². The Morgan fingerprint density at radius 1 is 1.73 bits per heavy atom. The molecule has 0 saturated carbocycles. The summed E-state index contributed by atoms with van der Waals surface area (Å²) in [7, 11) is 0. The minimum Gasteiger partial charge on any atom is -0.338 e. The van der Waals surface area contributed by atoms with Gasteiger partial charge in [-0.3, -0.25) is 9.89 Å². The molecule has 15 heavy (non-hydrogen) atoms. The van der Waals surface area contributed by atoms with Crippen LogP contribution in [-0.4, -0.2) is 40.6 Å². The predicted octanol–water partition coefficient (Wildman–Crippen LogP) is 0.221. The van der Waals surface area contributed by atoms with Crippen LogP contribution in [0.3, 0.4) is 0 Å². The first kappa shape index (κ1) is 10.2. The molecule has 1 aliphatic heterocycles. The summed E-state index contributed by atoms with van der Waals surface area (Å²) in [5, 5.41) is 6.43. The maximum Gasteiger partial charge on any atom is 0.257 e. The molecule has 1 amide bonds. The average molecular weight is 208 g/mol. The first-order chi connectivity index (χ1) is 7.31. The molecule has 1 aromatic heterocycles. The van der Waals surface area contributed by atoms with Crippen molar-refractivity contribution in [3.63, 3.8) is 0 Å². The number of amides is 1. The standard InChI is InChI=1S/C10H16N4O/c11-4-8-2-1-3-14(7-8)10(15)9-5-12-13-6-9/h5-6,8H,1-4,7,11H2,(H,12,13)/t8-/m1/s1. The Kier molecular flexibility index (Phi) is 3.01. The largest absolute Gasteiger partial charge is 0.338 e. The number of H-pyrrole nitrogens is 1. The monoisotopic (exact) mass is 208 g/mol. The summed E-state index contributed by atoms with van der Waals surface area (Å²) in [4.78, 5) is 13.8. The lowest BCUT2D eigenvalue weighted by molar-refractivity contribution is 0.0678. The lowest BCUT2D eigenvalue weighted by Gasteiger charge is -2.31. The number of aromatic amines is 1. The third-order valence-electron chi connectivity index (χ3n) is 2.88. The Labute approximate surface area is 88.6 Å². The number of nitrogens with zero attached hydrogens (tertiary/aromatic N) is 2. The minimum atomic E-state index is 0.0573. The van der Waals surface area contributed by atoms with E-state index < -0.39 is 0 Å². The molecule has 3 N–H and O–H groups in total. The van der Waals surface area contributed by atoms with Crippen LogP contribution in [-0.2, 0) is 0 Å². The molecule has 0 aromatic carbocycles. The molecule has 0 radical (unpaired) electrons. The number of piperidine rings is 1. The zero-order chi connectivity index (χ0) is 10.7. The molecule has 0 bridgehead atoms. The third-order valence-corrected chi connectivity index (χ3v) is 2.88. The second kappa shape index (κ2) is 4.44. The van der Waals surface area contributed by atoms with Crippen molar-refractivity contribution in [3.05, 3.63) is 18.0 Å². The molecule has 5 heteroatoms. The smallest absolute Gasteiger partial charge is 0.257 e. The summed E-state index contributed by atoms with van der Waals surface area (Å²) >= 11 is 0. The first-order valence-electron chi connectivity index (χ1n) is 5.29. The number of hydrogen-bond donors (Lipinski definition) is 2. The lowest BCUT2D eigenvalue weighted by atomic mass is 9.98. The van der Waals surface area contributed by atoms with Crippen molar-refractivity contribution in [3.8, 4) is 0 Å². The SMILES string of the molecule is NC[C@H]1CCCN(C(=O)c2cn[nH]c2)C1. The van der Waals surface area contributed by atoms with Gasteiger partial charge >= 0.3 is 0 Å². The molecular formula is C10H16N4O. The predicted molar refractivity (Wildman–Crippen MR) is 56.3 cm³/mol. The second-order valence-corrected chi connectivity index (χ2v) is 3.98. The van der Waals surface area contributed by atoms with E-state index in [1.54, 1.807) is 12.4 Å². The van der Waals surface area contributed by atoms with Gasteiger partial charge in [0.2, 0.25) is 0 Å². The average Bonchev–Trinajstić information content (AvgIpc) is 2.81. The number of hydrogen-bond acceptors (Lipinski definition) is 3. The van der Waals surface area contributed by atoms with E-state index in [1.807, 2.05) is 4.90 Å². The summed E-state index contributed by atoms with van der Waals surface area (Å²) in [5.74, 6) is 0.511. The minimum absolute atomic E-state index is 0.0573. The van der Waals surface area contributed by atoms with Crippen molar-refractivity contribution in [1.82, 2.24) is 15.1 Å². The van der Waals surface area contributed by atoms with Gasteiger partial charge in [0, 0.05) is 19.3 Å². The van der Waals surface area contributed by atoms with E-state index in [9.17, 15) is 4.79 Å². The van der Waals surface area contributed by atoms with Gasteiger partial charge in [0.1, 0.15) is 0 Å². The molecule has 1 aromatic rings. The van der Waals surface area contributed by atoms with Crippen LogP contribution in [0.2, 0.25) is 0 Å². The van der Waals surface area contributed by atoms with Crippen molar-refractivity contribution in [2.24, 2.45) is 11.7 Å². The van der Waals surface area contributed by atoms with Gasteiger partial charge < -0.3 is 10.6 Å². The fourth-order valence-corrected chi connectivity index (χ4v) is 1.99. The Morgan fingerprint density at radius 2 is 2.60 bits per heavy atom. The molecule has 5 nitrogen and oxygen atoms in total. The number of nitrogens with one attached hydrogen (secondary N) is 1. The van der Waals surface area contributed by atoms with Crippen LogP contribution in [0.15, 0.2) is 12.4 Å². The summed E-state index contributed by atoms with van der Waals surface area (Å²) < 4.78 is 0. The van der Waals surface area contributed by atoms with E-state index in [0.29, 0.717) is 18.0 Å². The highest BCUT2D eigenvalue weighted by Crippen LogP contribution is 2.17. The summed E-state index contributed by atoms with van der Waals surface area (Å²) in [6.45, 7) is 2.27. The molecule has 2 heterocycles. The highest BCUT2D eigenvalue weighted by Gasteiger charge is 2.23. The third kappa shape index (κ3) is 2.18. The molecular weight excluding hydrogens is 192 g/mol. The number of rotatable bonds is 2. The van der Waals surface area contributed by atoms with Gasteiger partial charge in [-0.2, -0.15) is 5.10 Å². The van der Waals surface area contributed by atoms with Gasteiger partial charge in [-0.15, -0.1) is 0 Å². The van der Waals surface area contributed by atoms with Crippen LogP contribution in [0, 0.1) is 5.92 Å². The van der Waals surface area contributed by atoms with Crippen LogP contribution in [0.1, 0.15) is 23.2 Å². The topological polar surface area (TPSA) is 75.0 Å². The molecule has 1 fully saturated rings. The summed E-state index contributed by atoms with van der Waals surface area (Å²) in [5.41, 5.74) is 6.26. The molecule has 2 rings (SSSR count). The normalized spacial score (nSPS) is 21.7. The number of aromatic nitrogens is 2. The van der Waals surface area contributed by atoms with Gasteiger partial charge in [-0.1, -0.05) is 0 Å². The van der Waals surface area contributed by atoms with Crippen molar-refractivity contribution in [2.75, 3.05) is 19.6 Å². The number of likely N-dealkylation sites (tertiary alicyclic amines) is 1. The van der Waals surface area contributed by atoms with E-state index in [4.69, 9.17) is 5.73 Å². The first-order valence-corrected chi connectivity index (χ1v) is 5.29. The Balaban J connectivity index is 2.01. The fraction of sp³-hybridized carbons (Fsp3) is 0.600. The van der Waals surface area contributed by atoms with Gasteiger partial charge in [-0.25, -0.2) is 0 Å². The molecule has 1 aliphatic rings. The summed E-state index contributed by atoms with van der Waals surface area (Å²) in [6, 6.07) is 0. The maximum atomic E-state index is 11.9. The fourth-order valence-electron chi connectivity index (χ4n) is 1.99. The zero-order valence-electron chi connectivity index (χ0n) is 8.65. The van der Waals surface area contributed by atoms with E-state index in [1.165, 1.54) is 0 Å². The maximum absolute atomic E-state index is 11.9. The van der Waals surface area contributed by atoms with Crippen molar-refractivity contribution >= 4 is 5.91 Å². The van der Waals surface area contributed by atoms with E-state index >= 15 is 0 Å². The van der Waals surface area contributed by atoms with Crippen LogP contribution >= 0.6 is 0 Å². The molecule has 1 atom stereocenters. The molecule has 0 spiro atoms. The van der Waals surface area contributed by atoms with Crippen LogP contribution < -0.4 is 5.73 Å². The number of nitrogens with two attached hydrogens (primary N) is 1. The highest BCUT2D eigenvalue weighted by atomic mass is 16.2. The van der Waals surface area contributed by atoms with Crippen LogP contribution in [0.5, 0.6) is 0 Å². The summed E-state index contributed by atoms with van der Waals surface area (Å²) in [6.07, 6.45) is 5.37. The molecule has 1 saturated heterocycles. The van der Waals surface area contributed by atoms with Gasteiger partial charge in [0.15, 0.2) is 0 Å². The Hall–Kier alpha value is -1.36. The van der Waals surface area contributed by atoms with Gasteiger partial charge in [-0.05, 0) is 25.3 Å². The molecule has 0 aliphatic carbocycles. The number of carbonyl (C=O) groups excluding carboxylic acids is 1. The van der Waals surface area contributed by atoms with Gasteiger partial charge in [0.25, 0.3) is 5.91 Å². The molecule has 0 unspecified atom stereocenters. The van der Waals surface area contributed by atoms with Gasteiger partial charge in [0.05, 0.1) is 11.8 Å². The number of carbonyl (C=O) groups is 1. The Bertz CT molecular complexity index is 322. The van der Waals surface area contributed by atoms with Crippen LogP contribution in [0.25, 0.3) is 0 Å². The van der Waals surface area contributed by atoms with E-state index in [-0.39, 0.29) is 5.91 Å². The second-order valence-electron chi connectivity index (χ2n) is 3.98. The van der Waals surface area contributed by atoms with Crippen molar-refractivity contribution in [2.45, 2.75) is 12.8 Å². The zero-order valence-corrected chi connectivity index (χ0v) is 8.65. The lowest BCUT2D eigenvalue weighted by Crippen LogP contribution is -2.41. The highest BCUT2D eigenvalue weighted by molar-refractivity contribution is 5.93. The molecule has 82 valence electrons.